The molecule has 1 fully saturated rings. The van der Waals surface area contributed by atoms with Crippen LogP contribution in [0.4, 0.5) is 5.69 Å². The maximum absolute atomic E-state index is 13.0. The first-order valence-corrected chi connectivity index (χ1v) is 10.7. The van der Waals surface area contributed by atoms with Crippen molar-refractivity contribution in [2.45, 2.75) is 13.0 Å². The molecule has 2 amide bonds. The van der Waals surface area contributed by atoms with Gasteiger partial charge in [-0.05, 0) is 37.3 Å². The van der Waals surface area contributed by atoms with Crippen molar-refractivity contribution in [2.75, 3.05) is 44.4 Å². The number of carbonyl (C=O) groups is 3. The van der Waals surface area contributed by atoms with Gasteiger partial charge in [0.25, 0.3) is 5.91 Å². The molecule has 0 saturated carbocycles. The van der Waals surface area contributed by atoms with Crippen molar-refractivity contribution in [2.24, 2.45) is 0 Å². The largest absolute Gasteiger partial charge is 0.484 e. The monoisotopic (exact) mass is 458 g/mol. The van der Waals surface area contributed by atoms with Crippen LogP contribution in [0.5, 0.6) is 11.5 Å². The molecule has 2 aliphatic rings. The molecular weight excluding hydrogens is 436 g/mol. The standard InChI is InChI=1S/C23H23ClN2O6/c1-15(23(29)25-8-10-30-11-9-25)26-18-12-16(6-7-21(18)32-14-22(26)28)19(27)13-31-20-5-3-2-4-17(20)24/h2-7,12,15H,8-11,13-14H2,1H3. The summed E-state index contributed by atoms with van der Waals surface area (Å²) in [6.07, 6.45) is 0. The molecule has 8 nitrogen and oxygen atoms in total. The molecule has 0 bridgehead atoms. The number of amides is 2. The second-order valence-electron chi connectivity index (χ2n) is 7.49. The molecule has 0 N–H and O–H groups in total. The van der Waals surface area contributed by atoms with Crippen molar-refractivity contribution in [3.63, 3.8) is 0 Å². The third kappa shape index (κ3) is 4.56. The lowest BCUT2D eigenvalue weighted by Gasteiger charge is -2.37. The normalized spacial score (nSPS) is 16.8. The van der Waals surface area contributed by atoms with Gasteiger partial charge in [-0.15, -0.1) is 0 Å². The van der Waals surface area contributed by atoms with E-state index in [-0.39, 0.29) is 30.8 Å². The van der Waals surface area contributed by atoms with Gasteiger partial charge < -0.3 is 19.1 Å². The summed E-state index contributed by atoms with van der Waals surface area (Å²) in [5.74, 6) is 0.0369. The van der Waals surface area contributed by atoms with E-state index in [2.05, 4.69) is 0 Å². The minimum absolute atomic E-state index is 0.170. The molecule has 2 aliphatic heterocycles. The molecule has 2 heterocycles. The summed E-state index contributed by atoms with van der Waals surface area (Å²) in [4.78, 5) is 41.5. The van der Waals surface area contributed by atoms with Crippen LogP contribution in [0.2, 0.25) is 5.02 Å². The third-order valence-corrected chi connectivity index (χ3v) is 5.74. The lowest BCUT2D eigenvalue weighted by Crippen LogP contribution is -2.54. The second-order valence-corrected chi connectivity index (χ2v) is 7.90. The maximum Gasteiger partial charge on any atom is 0.265 e. The Labute approximate surface area is 190 Å². The highest BCUT2D eigenvalue weighted by atomic mass is 35.5. The van der Waals surface area contributed by atoms with E-state index in [1.807, 2.05) is 0 Å². The molecule has 0 spiro atoms. The van der Waals surface area contributed by atoms with E-state index in [4.69, 9.17) is 25.8 Å². The number of fused-ring (bicyclic) bond motifs is 1. The first-order valence-electron chi connectivity index (χ1n) is 10.3. The summed E-state index contributed by atoms with van der Waals surface area (Å²) >= 11 is 6.07. The van der Waals surface area contributed by atoms with Gasteiger partial charge in [0.05, 0.1) is 23.9 Å². The third-order valence-electron chi connectivity index (χ3n) is 5.42. The van der Waals surface area contributed by atoms with E-state index in [0.717, 1.165) is 0 Å². The fourth-order valence-corrected chi connectivity index (χ4v) is 3.91. The quantitative estimate of drug-likeness (QED) is 0.618. The van der Waals surface area contributed by atoms with Crippen LogP contribution >= 0.6 is 11.6 Å². The van der Waals surface area contributed by atoms with Gasteiger partial charge in [-0.1, -0.05) is 23.7 Å². The van der Waals surface area contributed by atoms with E-state index in [1.54, 1.807) is 54.3 Å². The minimum atomic E-state index is -0.743. The van der Waals surface area contributed by atoms with Crippen molar-refractivity contribution >= 4 is 34.9 Å². The van der Waals surface area contributed by atoms with E-state index in [9.17, 15) is 14.4 Å². The summed E-state index contributed by atoms with van der Waals surface area (Å²) in [6, 6.07) is 10.9. The van der Waals surface area contributed by atoms with E-state index >= 15 is 0 Å². The number of carbonyl (C=O) groups excluding carboxylic acids is 3. The Balaban J connectivity index is 1.54. The average molecular weight is 459 g/mol. The van der Waals surface area contributed by atoms with Crippen LogP contribution in [-0.2, 0) is 14.3 Å². The topological polar surface area (TPSA) is 85.4 Å². The Hall–Kier alpha value is -3.10. The zero-order chi connectivity index (χ0) is 22.7. The molecule has 2 aromatic carbocycles. The summed E-state index contributed by atoms with van der Waals surface area (Å²) in [6.45, 7) is 3.18. The molecule has 168 valence electrons. The van der Waals surface area contributed by atoms with Crippen LogP contribution in [0.25, 0.3) is 0 Å². The number of benzene rings is 2. The van der Waals surface area contributed by atoms with Gasteiger partial charge in [0.2, 0.25) is 5.91 Å². The Bertz CT molecular complexity index is 1040. The molecule has 0 radical (unpaired) electrons. The van der Waals surface area contributed by atoms with Gasteiger partial charge in [0.1, 0.15) is 17.5 Å². The van der Waals surface area contributed by atoms with E-state index in [0.29, 0.717) is 54.1 Å². The van der Waals surface area contributed by atoms with Gasteiger partial charge in [-0.2, -0.15) is 0 Å². The van der Waals surface area contributed by atoms with E-state index < -0.39 is 6.04 Å². The number of halogens is 1. The molecule has 4 rings (SSSR count). The fourth-order valence-electron chi connectivity index (χ4n) is 3.72. The summed E-state index contributed by atoms with van der Waals surface area (Å²) in [5, 5.41) is 0.409. The highest BCUT2D eigenvalue weighted by Gasteiger charge is 2.36. The maximum atomic E-state index is 13.0. The summed E-state index contributed by atoms with van der Waals surface area (Å²) in [5.41, 5.74) is 0.726. The fraction of sp³-hybridized carbons (Fsp3) is 0.348. The molecule has 1 saturated heterocycles. The number of ether oxygens (including phenoxy) is 3. The number of morpholine rings is 1. The highest BCUT2D eigenvalue weighted by molar-refractivity contribution is 6.32. The molecule has 9 heteroatoms. The molecule has 1 unspecified atom stereocenters. The number of rotatable bonds is 6. The van der Waals surface area contributed by atoms with E-state index in [1.165, 1.54) is 4.90 Å². The smallest absolute Gasteiger partial charge is 0.265 e. The van der Waals surface area contributed by atoms with Crippen molar-refractivity contribution in [1.29, 1.82) is 0 Å². The lowest BCUT2D eigenvalue weighted by atomic mass is 10.1. The van der Waals surface area contributed by atoms with Crippen LogP contribution in [0, 0.1) is 0 Å². The van der Waals surface area contributed by atoms with Crippen LogP contribution in [0.3, 0.4) is 0 Å². The van der Waals surface area contributed by atoms with Crippen LogP contribution in [-0.4, -0.2) is 68.1 Å². The molecule has 0 aromatic heterocycles. The van der Waals surface area contributed by atoms with Crippen molar-refractivity contribution in [3.05, 3.63) is 53.1 Å². The Morgan fingerprint density at radius 1 is 1.16 bits per heavy atom. The first kappa shape index (κ1) is 22.1. The first-order chi connectivity index (χ1) is 15.5. The molecule has 1 atom stereocenters. The summed E-state index contributed by atoms with van der Waals surface area (Å²) < 4.78 is 16.4. The SMILES string of the molecule is CC(C(=O)N1CCOCC1)N1C(=O)COc2ccc(C(=O)COc3ccccc3Cl)cc21. The number of anilines is 1. The van der Waals surface area contributed by atoms with Crippen LogP contribution in [0.1, 0.15) is 17.3 Å². The zero-order valence-corrected chi connectivity index (χ0v) is 18.3. The molecule has 2 aromatic rings. The van der Waals surface area contributed by atoms with Crippen molar-refractivity contribution in [3.8, 4) is 11.5 Å². The van der Waals surface area contributed by atoms with Crippen molar-refractivity contribution < 1.29 is 28.6 Å². The zero-order valence-electron chi connectivity index (χ0n) is 17.6. The van der Waals surface area contributed by atoms with Gasteiger partial charge in [-0.3, -0.25) is 19.3 Å². The predicted molar refractivity (Wildman–Crippen MR) is 118 cm³/mol. The number of hydrogen-bond donors (Lipinski definition) is 0. The summed E-state index contributed by atoms with van der Waals surface area (Å²) in [7, 11) is 0. The Morgan fingerprint density at radius 3 is 2.66 bits per heavy atom. The van der Waals surface area contributed by atoms with Crippen LogP contribution in [0.15, 0.2) is 42.5 Å². The lowest BCUT2D eigenvalue weighted by molar-refractivity contribution is -0.138. The number of para-hydroxylation sites is 1. The predicted octanol–water partition coefficient (Wildman–Crippen LogP) is 2.57. The number of hydrogen-bond acceptors (Lipinski definition) is 6. The van der Waals surface area contributed by atoms with Crippen molar-refractivity contribution in [1.82, 2.24) is 4.90 Å². The van der Waals surface area contributed by atoms with Gasteiger partial charge >= 0.3 is 0 Å². The van der Waals surface area contributed by atoms with Gasteiger partial charge in [-0.25, -0.2) is 0 Å². The molecular formula is C23H23ClN2O6. The second kappa shape index (κ2) is 9.58. The number of ketones is 1. The molecule has 32 heavy (non-hydrogen) atoms. The Kier molecular flexibility index (Phi) is 6.62. The highest BCUT2D eigenvalue weighted by Crippen LogP contribution is 2.35. The van der Waals surface area contributed by atoms with Gasteiger partial charge in [0, 0.05) is 18.7 Å². The Morgan fingerprint density at radius 2 is 1.91 bits per heavy atom. The minimum Gasteiger partial charge on any atom is -0.484 e. The number of nitrogens with zero attached hydrogens (tertiary/aromatic N) is 2. The number of Topliss-reactive ketones (excluding diaryl/α,β-unsaturated/α-hetero) is 1. The molecule has 0 aliphatic carbocycles. The van der Waals surface area contributed by atoms with Crippen LogP contribution < -0.4 is 14.4 Å². The van der Waals surface area contributed by atoms with Gasteiger partial charge in [0.15, 0.2) is 19.0 Å². The average Bonchev–Trinajstić information content (AvgIpc) is 2.82.